The number of rotatable bonds is 6. The van der Waals surface area contributed by atoms with Gasteiger partial charge in [0.1, 0.15) is 15.6 Å². The second-order valence-electron chi connectivity index (χ2n) is 6.22. The van der Waals surface area contributed by atoms with Gasteiger partial charge >= 0.3 is 0 Å². The van der Waals surface area contributed by atoms with Crippen LogP contribution in [0.3, 0.4) is 0 Å². The van der Waals surface area contributed by atoms with Crippen LogP contribution in [-0.4, -0.2) is 23.4 Å². The molecular weight excluding hydrogens is 410 g/mol. The summed E-state index contributed by atoms with van der Waals surface area (Å²) in [5, 5.41) is 6.54. The zero-order chi connectivity index (χ0) is 21.0. The molecule has 0 aliphatic rings. The zero-order valence-electron chi connectivity index (χ0n) is 16.2. The number of nitrogens with zero attached hydrogens (tertiary/aromatic N) is 1. The first-order chi connectivity index (χ1) is 13.9. The minimum atomic E-state index is -0.286. The van der Waals surface area contributed by atoms with Crippen molar-refractivity contribution in [2.45, 2.75) is 20.8 Å². The Balaban J connectivity index is 1.77. The second-order valence-corrected chi connectivity index (χ2v) is 7.63. The van der Waals surface area contributed by atoms with Crippen molar-refractivity contribution in [3.8, 4) is 16.3 Å². The number of anilines is 2. The van der Waals surface area contributed by atoms with Gasteiger partial charge in [-0.15, -0.1) is 11.3 Å². The van der Waals surface area contributed by atoms with Gasteiger partial charge in [0, 0.05) is 18.2 Å². The van der Waals surface area contributed by atoms with Crippen molar-refractivity contribution in [2.75, 3.05) is 17.2 Å². The van der Waals surface area contributed by atoms with Crippen LogP contribution in [0, 0.1) is 6.92 Å². The average Bonchev–Trinajstić information content (AvgIpc) is 3.06. The van der Waals surface area contributed by atoms with Crippen LogP contribution in [-0.2, 0) is 4.79 Å². The highest BCUT2D eigenvalue weighted by molar-refractivity contribution is 7.17. The minimum absolute atomic E-state index is 0.194. The van der Waals surface area contributed by atoms with Crippen LogP contribution in [0.25, 0.3) is 10.6 Å². The first kappa shape index (κ1) is 20.8. The normalized spacial score (nSPS) is 10.5. The Kier molecular flexibility index (Phi) is 6.51. The Morgan fingerprint density at radius 3 is 2.48 bits per heavy atom. The van der Waals surface area contributed by atoms with Gasteiger partial charge in [-0.1, -0.05) is 11.6 Å². The first-order valence-electron chi connectivity index (χ1n) is 8.96. The summed E-state index contributed by atoms with van der Waals surface area (Å²) in [5.41, 5.74) is 2.58. The molecule has 0 saturated carbocycles. The predicted molar refractivity (Wildman–Crippen MR) is 117 cm³/mol. The molecule has 0 aliphatic heterocycles. The lowest BCUT2D eigenvalue weighted by Crippen LogP contribution is -2.12. The largest absolute Gasteiger partial charge is 0.494 e. The van der Waals surface area contributed by atoms with Crippen LogP contribution in [0.15, 0.2) is 42.5 Å². The lowest BCUT2D eigenvalue weighted by atomic mass is 10.2. The van der Waals surface area contributed by atoms with E-state index in [1.807, 2.05) is 31.2 Å². The summed E-state index contributed by atoms with van der Waals surface area (Å²) >= 11 is 7.55. The van der Waals surface area contributed by atoms with Crippen LogP contribution >= 0.6 is 22.9 Å². The maximum Gasteiger partial charge on any atom is 0.267 e. The molecule has 0 unspecified atom stereocenters. The van der Waals surface area contributed by atoms with Crippen LogP contribution < -0.4 is 15.4 Å². The number of thiazole rings is 1. The molecule has 2 N–H and O–H groups in total. The molecule has 2 aromatic carbocycles. The summed E-state index contributed by atoms with van der Waals surface area (Å²) < 4.78 is 5.45. The maximum absolute atomic E-state index is 12.7. The van der Waals surface area contributed by atoms with Crippen LogP contribution in [0.1, 0.15) is 29.2 Å². The number of halogens is 1. The molecule has 0 bridgehead atoms. The number of carbonyl (C=O) groups excluding carboxylic acids is 2. The molecule has 150 valence electrons. The Labute approximate surface area is 177 Å². The molecule has 2 amide bonds. The van der Waals surface area contributed by atoms with Gasteiger partial charge in [-0.25, -0.2) is 4.98 Å². The molecule has 1 aromatic heterocycles. The number of aryl methyl sites for hydroxylation is 1. The Morgan fingerprint density at radius 1 is 1.14 bits per heavy atom. The number of ether oxygens (including phenoxy) is 1. The van der Waals surface area contributed by atoms with E-state index in [4.69, 9.17) is 16.3 Å². The Morgan fingerprint density at radius 2 is 1.86 bits per heavy atom. The zero-order valence-corrected chi connectivity index (χ0v) is 17.8. The number of aromatic nitrogens is 1. The van der Waals surface area contributed by atoms with Gasteiger partial charge < -0.3 is 15.4 Å². The van der Waals surface area contributed by atoms with Gasteiger partial charge in [-0.3, -0.25) is 9.59 Å². The highest BCUT2D eigenvalue weighted by Crippen LogP contribution is 2.31. The molecule has 0 spiro atoms. The molecular formula is C21H20ClN3O3S. The fraction of sp³-hybridized carbons (Fsp3) is 0.190. The lowest BCUT2D eigenvalue weighted by molar-refractivity contribution is -0.114. The second kappa shape index (κ2) is 9.07. The third kappa shape index (κ3) is 5.13. The van der Waals surface area contributed by atoms with E-state index in [2.05, 4.69) is 15.6 Å². The molecule has 0 saturated heterocycles. The van der Waals surface area contributed by atoms with Gasteiger partial charge in [0.25, 0.3) is 5.91 Å². The van der Waals surface area contributed by atoms with Crippen LogP contribution in [0.2, 0.25) is 5.02 Å². The number of nitrogens with one attached hydrogen (secondary N) is 2. The monoisotopic (exact) mass is 429 g/mol. The molecule has 3 rings (SSSR count). The van der Waals surface area contributed by atoms with E-state index in [1.165, 1.54) is 18.3 Å². The van der Waals surface area contributed by atoms with E-state index in [0.717, 1.165) is 16.3 Å². The molecule has 0 radical (unpaired) electrons. The molecule has 0 atom stereocenters. The third-order valence-corrected chi connectivity index (χ3v) is 5.47. The molecule has 3 aromatic rings. The number of amides is 2. The van der Waals surface area contributed by atoms with E-state index in [-0.39, 0.29) is 11.8 Å². The molecule has 29 heavy (non-hydrogen) atoms. The van der Waals surface area contributed by atoms with Crippen molar-refractivity contribution in [1.82, 2.24) is 4.98 Å². The van der Waals surface area contributed by atoms with E-state index in [0.29, 0.717) is 33.6 Å². The van der Waals surface area contributed by atoms with E-state index < -0.39 is 0 Å². The first-order valence-corrected chi connectivity index (χ1v) is 10.2. The highest BCUT2D eigenvalue weighted by atomic mass is 35.5. The summed E-state index contributed by atoms with van der Waals surface area (Å²) in [6.45, 7) is 5.75. The van der Waals surface area contributed by atoms with Gasteiger partial charge in [-0.2, -0.15) is 0 Å². The number of hydrogen-bond acceptors (Lipinski definition) is 5. The van der Waals surface area contributed by atoms with Crippen molar-refractivity contribution in [3.05, 3.63) is 58.1 Å². The maximum atomic E-state index is 12.7. The van der Waals surface area contributed by atoms with Gasteiger partial charge in [0.05, 0.1) is 23.0 Å². The predicted octanol–water partition coefficient (Wildman–Crippen LogP) is 5.38. The molecule has 0 fully saturated rings. The smallest absolute Gasteiger partial charge is 0.267 e. The van der Waals surface area contributed by atoms with Crippen LogP contribution in [0.5, 0.6) is 5.75 Å². The van der Waals surface area contributed by atoms with Crippen molar-refractivity contribution in [3.63, 3.8) is 0 Å². The summed E-state index contributed by atoms with van der Waals surface area (Å²) in [7, 11) is 0. The summed E-state index contributed by atoms with van der Waals surface area (Å²) in [4.78, 5) is 28.9. The van der Waals surface area contributed by atoms with E-state index >= 15 is 0 Å². The van der Waals surface area contributed by atoms with E-state index in [1.54, 1.807) is 25.1 Å². The van der Waals surface area contributed by atoms with Crippen molar-refractivity contribution < 1.29 is 14.3 Å². The average molecular weight is 430 g/mol. The lowest BCUT2D eigenvalue weighted by Gasteiger charge is -2.09. The Bertz CT molecular complexity index is 1050. The molecule has 8 heteroatoms. The third-order valence-electron chi connectivity index (χ3n) is 3.95. The standard InChI is InChI=1S/C21H20ClN3O3S/c1-4-28-16-8-5-14(6-9-16)21-23-12(2)19(29-21)20(27)25-18-10-7-15(11-17(18)22)24-13(3)26/h5-11H,4H2,1-3H3,(H,24,26)(H,25,27). The van der Waals surface area contributed by atoms with Gasteiger partial charge in [0.2, 0.25) is 5.91 Å². The van der Waals surface area contributed by atoms with Gasteiger partial charge in [0.15, 0.2) is 0 Å². The summed E-state index contributed by atoms with van der Waals surface area (Å²) in [6, 6.07) is 12.5. The van der Waals surface area contributed by atoms with Crippen molar-refractivity contribution in [1.29, 1.82) is 0 Å². The molecule has 0 aliphatic carbocycles. The van der Waals surface area contributed by atoms with E-state index in [9.17, 15) is 9.59 Å². The molecule has 1 heterocycles. The fourth-order valence-electron chi connectivity index (χ4n) is 2.67. The molecule has 6 nitrogen and oxygen atoms in total. The van der Waals surface area contributed by atoms with Crippen molar-refractivity contribution >= 4 is 46.1 Å². The summed E-state index contributed by atoms with van der Waals surface area (Å²) in [5.74, 6) is 0.311. The van der Waals surface area contributed by atoms with Crippen LogP contribution in [0.4, 0.5) is 11.4 Å². The van der Waals surface area contributed by atoms with Gasteiger partial charge in [-0.05, 0) is 56.3 Å². The number of hydrogen-bond donors (Lipinski definition) is 2. The highest BCUT2D eigenvalue weighted by Gasteiger charge is 2.17. The van der Waals surface area contributed by atoms with Crippen molar-refractivity contribution in [2.24, 2.45) is 0 Å². The fourth-order valence-corrected chi connectivity index (χ4v) is 3.86. The number of benzene rings is 2. The number of carbonyl (C=O) groups is 2. The quantitative estimate of drug-likeness (QED) is 0.551. The minimum Gasteiger partial charge on any atom is -0.494 e. The Hall–Kier alpha value is -2.90. The SMILES string of the molecule is CCOc1ccc(-c2nc(C)c(C(=O)Nc3ccc(NC(C)=O)cc3Cl)s2)cc1. The topological polar surface area (TPSA) is 80.3 Å². The summed E-state index contributed by atoms with van der Waals surface area (Å²) in [6.07, 6.45) is 0.